The standard InChI is InChI=1S/C14H22N4O4S/c1-21-8-13(19)18-5-3-4-10(7-18)14(20)15-6-12-16-11(9-23-2)17-22-12/h10H,3-9H2,1-2H3,(H,15,20)/t10-/m1/s1. The van der Waals surface area contributed by atoms with Gasteiger partial charge in [-0.15, -0.1) is 0 Å². The number of amides is 2. The summed E-state index contributed by atoms with van der Waals surface area (Å²) < 4.78 is 9.93. The molecule has 0 unspecified atom stereocenters. The van der Waals surface area contributed by atoms with Gasteiger partial charge >= 0.3 is 0 Å². The van der Waals surface area contributed by atoms with Crippen molar-refractivity contribution in [1.29, 1.82) is 0 Å². The second kappa shape index (κ2) is 8.88. The van der Waals surface area contributed by atoms with E-state index in [0.29, 0.717) is 30.6 Å². The van der Waals surface area contributed by atoms with Gasteiger partial charge in [-0.05, 0) is 19.1 Å². The average molecular weight is 342 g/mol. The number of ether oxygens (including phenoxy) is 1. The first kappa shape index (κ1) is 17.7. The number of thioether (sulfide) groups is 1. The molecule has 1 fully saturated rings. The molecule has 0 radical (unpaired) electrons. The summed E-state index contributed by atoms with van der Waals surface area (Å²) in [5.41, 5.74) is 0. The van der Waals surface area contributed by atoms with Crippen LogP contribution in [0.25, 0.3) is 0 Å². The number of nitrogens with zero attached hydrogens (tertiary/aromatic N) is 3. The van der Waals surface area contributed by atoms with Gasteiger partial charge in [0.05, 0.1) is 18.2 Å². The summed E-state index contributed by atoms with van der Waals surface area (Å²) in [4.78, 5) is 30.0. The van der Waals surface area contributed by atoms with Gasteiger partial charge in [0.2, 0.25) is 17.7 Å². The van der Waals surface area contributed by atoms with Crippen molar-refractivity contribution in [1.82, 2.24) is 20.4 Å². The topological polar surface area (TPSA) is 97.6 Å². The molecule has 0 bridgehead atoms. The van der Waals surface area contributed by atoms with Gasteiger partial charge in [-0.2, -0.15) is 16.7 Å². The van der Waals surface area contributed by atoms with Crippen LogP contribution < -0.4 is 5.32 Å². The first-order chi connectivity index (χ1) is 11.1. The summed E-state index contributed by atoms with van der Waals surface area (Å²) in [6.45, 7) is 1.36. The Morgan fingerprint density at radius 2 is 2.35 bits per heavy atom. The van der Waals surface area contributed by atoms with Crippen molar-refractivity contribution < 1.29 is 18.8 Å². The maximum absolute atomic E-state index is 12.3. The van der Waals surface area contributed by atoms with Gasteiger partial charge in [-0.25, -0.2) is 0 Å². The third kappa shape index (κ3) is 5.21. The zero-order chi connectivity index (χ0) is 16.7. The largest absolute Gasteiger partial charge is 0.375 e. The molecule has 8 nitrogen and oxygen atoms in total. The molecule has 2 amide bonds. The van der Waals surface area contributed by atoms with Gasteiger partial charge in [0.25, 0.3) is 0 Å². The number of piperidine rings is 1. The lowest BCUT2D eigenvalue weighted by Crippen LogP contribution is -2.46. The minimum absolute atomic E-state index is 0.0501. The molecule has 2 heterocycles. The predicted octanol–water partition coefficient (Wildman–Crippen LogP) is 0.434. The van der Waals surface area contributed by atoms with E-state index in [1.807, 2.05) is 6.26 Å². The molecule has 0 spiro atoms. The fourth-order valence-electron chi connectivity index (χ4n) is 2.49. The molecule has 1 aliphatic heterocycles. The highest BCUT2D eigenvalue weighted by molar-refractivity contribution is 7.97. The van der Waals surface area contributed by atoms with E-state index in [1.54, 1.807) is 16.7 Å². The highest BCUT2D eigenvalue weighted by Crippen LogP contribution is 2.17. The second-order valence-corrected chi connectivity index (χ2v) is 6.23. The van der Waals surface area contributed by atoms with Crippen LogP contribution in [0.5, 0.6) is 0 Å². The fourth-order valence-corrected chi connectivity index (χ4v) is 2.86. The molecule has 1 aromatic heterocycles. The molecule has 23 heavy (non-hydrogen) atoms. The van der Waals surface area contributed by atoms with Crippen molar-refractivity contribution in [3.63, 3.8) is 0 Å². The molecule has 0 saturated carbocycles. The van der Waals surface area contributed by atoms with E-state index in [2.05, 4.69) is 15.5 Å². The lowest BCUT2D eigenvalue weighted by molar-refractivity contribution is -0.139. The van der Waals surface area contributed by atoms with Gasteiger partial charge < -0.3 is 19.5 Å². The summed E-state index contributed by atoms with van der Waals surface area (Å²) in [6, 6.07) is 0. The number of rotatable bonds is 7. The number of carbonyl (C=O) groups excluding carboxylic acids is 2. The SMILES string of the molecule is COCC(=O)N1CCC[C@@H](C(=O)NCc2nc(CSC)no2)C1. The van der Waals surface area contributed by atoms with Crippen LogP contribution in [0.1, 0.15) is 24.6 Å². The first-order valence-electron chi connectivity index (χ1n) is 7.49. The van der Waals surface area contributed by atoms with E-state index in [0.717, 1.165) is 12.8 Å². The summed E-state index contributed by atoms with van der Waals surface area (Å²) in [5, 5.41) is 6.63. The number of methoxy groups -OCH3 is 1. The second-order valence-electron chi connectivity index (χ2n) is 5.37. The molecule has 9 heteroatoms. The average Bonchev–Trinajstić information content (AvgIpc) is 3.01. The van der Waals surface area contributed by atoms with Gasteiger partial charge in [-0.3, -0.25) is 9.59 Å². The van der Waals surface area contributed by atoms with E-state index in [4.69, 9.17) is 9.26 Å². The number of nitrogens with one attached hydrogen (secondary N) is 1. The Labute approximate surface area is 139 Å². The van der Waals surface area contributed by atoms with E-state index < -0.39 is 0 Å². The van der Waals surface area contributed by atoms with Crippen LogP contribution in [0.2, 0.25) is 0 Å². The normalized spacial score (nSPS) is 18.0. The van der Waals surface area contributed by atoms with Gasteiger partial charge in [-0.1, -0.05) is 5.16 Å². The van der Waals surface area contributed by atoms with Crippen molar-refractivity contribution >= 4 is 23.6 Å². The van der Waals surface area contributed by atoms with Crippen molar-refractivity contribution in [3.05, 3.63) is 11.7 Å². The van der Waals surface area contributed by atoms with Crippen LogP contribution in [0.3, 0.4) is 0 Å². The number of aromatic nitrogens is 2. The molecule has 1 N–H and O–H groups in total. The van der Waals surface area contributed by atoms with Gasteiger partial charge in [0.15, 0.2) is 5.82 Å². The number of hydrogen-bond donors (Lipinski definition) is 1. The first-order valence-corrected chi connectivity index (χ1v) is 8.88. The Hall–Kier alpha value is -1.61. The maximum atomic E-state index is 12.3. The quantitative estimate of drug-likeness (QED) is 0.767. The van der Waals surface area contributed by atoms with Crippen molar-refractivity contribution in [2.45, 2.75) is 25.1 Å². The Morgan fingerprint density at radius 3 is 3.09 bits per heavy atom. The number of likely N-dealkylation sites (tertiary alicyclic amines) is 1. The molecular formula is C14H22N4O4S. The van der Waals surface area contributed by atoms with Crippen LogP contribution in [-0.2, 0) is 26.6 Å². The van der Waals surface area contributed by atoms with E-state index >= 15 is 0 Å². The third-order valence-electron chi connectivity index (χ3n) is 3.61. The van der Waals surface area contributed by atoms with Gasteiger partial charge in [0.1, 0.15) is 6.61 Å². The molecular weight excluding hydrogens is 320 g/mol. The van der Waals surface area contributed by atoms with Crippen LogP contribution in [0.15, 0.2) is 4.52 Å². The van der Waals surface area contributed by atoms with Crippen molar-refractivity contribution in [2.24, 2.45) is 5.92 Å². The fraction of sp³-hybridized carbons (Fsp3) is 0.714. The Balaban J connectivity index is 1.81. The maximum Gasteiger partial charge on any atom is 0.248 e. The van der Waals surface area contributed by atoms with Crippen LogP contribution in [-0.4, -0.2) is 59.9 Å². The van der Waals surface area contributed by atoms with Crippen LogP contribution in [0.4, 0.5) is 0 Å². The Morgan fingerprint density at radius 1 is 1.52 bits per heavy atom. The van der Waals surface area contributed by atoms with Crippen molar-refractivity contribution in [3.8, 4) is 0 Å². The van der Waals surface area contributed by atoms with Crippen LogP contribution in [0, 0.1) is 5.92 Å². The summed E-state index contributed by atoms with van der Waals surface area (Å²) in [6.07, 6.45) is 3.54. The monoisotopic (exact) mass is 342 g/mol. The zero-order valence-electron chi connectivity index (χ0n) is 13.4. The Kier molecular flexibility index (Phi) is 6.85. The molecule has 1 aromatic rings. The summed E-state index contributed by atoms with van der Waals surface area (Å²) in [7, 11) is 1.49. The number of hydrogen-bond acceptors (Lipinski definition) is 7. The minimum atomic E-state index is -0.210. The molecule has 0 aromatic carbocycles. The smallest absolute Gasteiger partial charge is 0.248 e. The summed E-state index contributed by atoms with van der Waals surface area (Å²) >= 11 is 1.60. The minimum Gasteiger partial charge on any atom is -0.375 e. The molecule has 0 aliphatic carbocycles. The van der Waals surface area contributed by atoms with E-state index in [-0.39, 0.29) is 30.9 Å². The van der Waals surface area contributed by atoms with Gasteiger partial charge in [0, 0.05) is 20.2 Å². The lowest BCUT2D eigenvalue weighted by atomic mass is 9.97. The highest BCUT2D eigenvalue weighted by atomic mass is 32.2. The molecule has 128 valence electrons. The Bertz CT molecular complexity index is 537. The summed E-state index contributed by atoms with van der Waals surface area (Å²) in [5.74, 6) is 1.31. The highest BCUT2D eigenvalue weighted by Gasteiger charge is 2.28. The molecule has 1 atom stereocenters. The third-order valence-corrected chi connectivity index (χ3v) is 4.16. The van der Waals surface area contributed by atoms with E-state index in [9.17, 15) is 9.59 Å². The zero-order valence-corrected chi connectivity index (χ0v) is 14.2. The molecule has 2 rings (SSSR count). The lowest BCUT2D eigenvalue weighted by Gasteiger charge is -2.31. The van der Waals surface area contributed by atoms with Crippen molar-refractivity contribution in [2.75, 3.05) is 33.1 Å². The molecule has 1 aliphatic rings. The van der Waals surface area contributed by atoms with Crippen LogP contribution >= 0.6 is 11.8 Å². The molecule has 1 saturated heterocycles. The number of carbonyl (C=O) groups is 2. The predicted molar refractivity (Wildman–Crippen MR) is 84.5 cm³/mol. The van der Waals surface area contributed by atoms with E-state index in [1.165, 1.54) is 7.11 Å².